The molecule has 0 spiro atoms. The molecule has 0 atom stereocenters. The van der Waals surface area contributed by atoms with Gasteiger partial charge >= 0.3 is 11.7 Å². The van der Waals surface area contributed by atoms with Crippen LogP contribution >= 0.6 is 0 Å². The zero-order valence-electron chi connectivity index (χ0n) is 19.2. The Morgan fingerprint density at radius 2 is 1.62 bits per heavy atom. The number of aromatic nitrogens is 2. The van der Waals surface area contributed by atoms with Crippen LogP contribution in [0, 0.1) is 0 Å². The van der Waals surface area contributed by atoms with Gasteiger partial charge in [0, 0.05) is 12.7 Å². The van der Waals surface area contributed by atoms with Crippen molar-refractivity contribution < 1.29 is 9.90 Å². The molecule has 0 aliphatic heterocycles. The number of carboxylic acid groups (broad SMARTS) is 1. The molecule has 5 heteroatoms. The quantitative estimate of drug-likeness (QED) is 0.353. The van der Waals surface area contributed by atoms with E-state index >= 15 is 0 Å². The third-order valence-electron chi connectivity index (χ3n) is 5.85. The summed E-state index contributed by atoms with van der Waals surface area (Å²) in [6.07, 6.45) is 7.66. The lowest BCUT2D eigenvalue weighted by atomic mass is 9.99. The maximum absolute atomic E-state index is 13.2. The lowest BCUT2D eigenvalue weighted by Crippen LogP contribution is -2.25. The van der Waals surface area contributed by atoms with Crippen molar-refractivity contribution in [2.75, 3.05) is 0 Å². The van der Waals surface area contributed by atoms with Crippen LogP contribution in [0.5, 0.6) is 0 Å². The van der Waals surface area contributed by atoms with Crippen LogP contribution in [0.1, 0.15) is 40.5 Å². The average Bonchev–Trinajstić information content (AvgIpc) is 3.16. The number of benzene rings is 3. The Hall–Kier alpha value is -4.12. The largest absolute Gasteiger partial charge is 0.478 e. The van der Waals surface area contributed by atoms with Crippen molar-refractivity contribution in [1.82, 2.24) is 9.13 Å². The van der Waals surface area contributed by atoms with Crippen molar-refractivity contribution >= 4 is 12.0 Å². The highest BCUT2D eigenvalue weighted by Gasteiger charge is 2.13. The number of nitrogens with zero attached hydrogens (tertiary/aromatic N) is 2. The van der Waals surface area contributed by atoms with Gasteiger partial charge in [0.05, 0.1) is 17.8 Å². The lowest BCUT2D eigenvalue weighted by molar-refractivity contribution is 0.0697. The van der Waals surface area contributed by atoms with Gasteiger partial charge in [-0.15, -0.1) is 0 Å². The van der Waals surface area contributed by atoms with E-state index in [9.17, 15) is 14.7 Å². The number of hydrogen-bond acceptors (Lipinski definition) is 2. The molecule has 4 rings (SSSR count). The molecule has 5 nitrogen and oxygen atoms in total. The summed E-state index contributed by atoms with van der Waals surface area (Å²) in [5.74, 6) is -0.949. The third kappa shape index (κ3) is 5.26. The van der Waals surface area contributed by atoms with Gasteiger partial charge in [0.15, 0.2) is 0 Å². The van der Waals surface area contributed by atoms with Gasteiger partial charge in [0.25, 0.3) is 0 Å². The van der Waals surface area contributed by atoms with Crippen LogP contribution < -0.4 is 5.69 Å². The molecule has 0 bridgehead atoms. The third-order valence-corrected chi connectivity index (χ3v) is 5.85. The summed E-state index contributed by atoms with van der Waals surface area (Å²) < 4.78 is 3.57. The number of aromatic carboxylic acids is 1. The minimum atomic E-state index is -0.949. The maximum atomic E-state index is 13.2. The molecule has 3 aromatic carbocycles. The van der Waals surface area contributed by atoms with Crippen molar-refractivity contribution in [2.45, 2.75) is 32.9 Å². The summed E-state index contributed by atoms with van der Waals surface area (Å²) in [6.45, 7) is 3.13. The van der Waals surface area contributed by atoms with Crippen LogP contribution in [0.2, 0.25) is 0 Å². The zero-order chi connectivity index (χ0) is 23.9. The molecule has 0 fully saturated rings. The maximum Gasteiger partial charge on any atom is 0.336 e. The van der Waals surface area contributed by atoms with E-state index in [0.717, 1.165) is 29.7 Å². The SMILES string of the molecule is CC/C=C/c1cn(CCc2ccccc2)c(=O)n1Cc1ccc(-c2ccccc2C(=O)O)cc1. The molecule has 0 saturated heterocycles. The Balaban J connectivity index is 1.59. The fourth-order valence-electron chi connectivity index (χ4n) is 4.03. The number of carbonyl (C=O) groups is 1. The van der Waals surface area contributed by atoms with E-state index < -0.39 is 5.97 Å². The molecular weight excluding hydrogens is 424 g/mol. The van der Waals surface area contributed by atoms with Gasteiger partial charge in [0.1, 0.15) is 0 Å². The average molecular weight is 453 g/mol. The number of allylic oxidation sites excluding steroid dienone is 1. The van der Waals surface area contributed by atoms with Gasteiger partial charge in [0.2, 0.25) is 0 Å². The molecule has 0 radical (unpaired) electrons. The van der Waals surface area contributed by atoms with Crippen molar-refractivity contribution in [3.8, 4) is 11.1 Å². The number of carboxylic acids is 1. The molecule has 1 N–H and O–H groups in total. The summed E-state index contributed by atoms with van der Waals surface area (Å²) in [6, 6.07) is 24.9. The molecular formula is C29H28N2O3. The fraction of sp³-hybridized carbons (Fsp3) is 0.172. The molecule has 172 valence electrons. The van der Waals surface area contributed by atoms with Gasteiger partial charge in [-0.05, 0) is 47.2 Å². The monoisotopic (exact) mass is 452 g/mol. The molecule has 1 aromatic heterocycles. The molecule has 0 aliphatic carbocycles. The van der Waals surface area contributed by atoms with Crippen molar-refractivity contribution in [2.24, 2.45) is 0 Å². The van der Waals surface area contributed by atoms with E-state index in [2.05, 4.69) is 25.1 Å². The van der Waals surface area contributed by atoms with Crippen LogP contribution in [-0.4, -0.2) is 20.2 Å². The van der Waals surface area contributed by atoms with Crippen LogP contribution in [-0.2, 0) is 19.5 Å². The molecule has 0 aliphatic rings. The second-order valence-corrected chi connectivity index (χ2v) is 8.21. The van der Waals surface area contributed by atoms with E-state index in [1.807, 2.05) is 66.9 Å². The first-order valence-electron chi connectivity index (χ1n) is 11.5. The van der Waals surface area contributed by atoms with Crippen LogP contribution in [0.25, 0.3) is 17.2 Å². The Morgan fingerprint density at radius 1 is 0.912 bits per heavy atom. The smallest absolute Gasteiger partial charge is 0.336 e. The number of aryl methyl sites for hydroxylation is 2. The second-order valence-electron chi connectivity index (χ2n) is 8.21. The van der Waals surface area contributed by atoms with E-state index in [4.69, 9.17) is 0 Å². The second kappa shape index (κ2) is 10.7. The molecule has 0 amide bonds. The van der Waals surface area contributed by atoms with Gasteiger partial charge in [-0.2, -0.15) is 0 Å². The van der Waals surface area contributed by atoms with E-state index in [-0.39, 0.29) is 11.3 Å². The highest BCUT2D eigenvalue weighted by atomic mass is 16.4. The first-order chi connectivity index (χ1) is 16.6. The number of rotatable bonds is 9. The Bertz CT molecular complexity index is 1350. The predicted octanol–water partition coefficient (Wildman–Crippen LogP) is 5.73. The van der Waals surface area contributed by atoms with Crippen LogP contribution in [0.4, 0.5) is 0 Å². The van der Waals surface area contributed by atoms with Crippen LogP contribution in [0.3, 0.4) is 0 Å². The standard InChI is InChI=1S/C29H28N2O3/c1-2-3-11-25-21-30(19-18-22-9-5-4-6-10-22)29(34)31(25)20-23-14-16-24(17-15-23)26-12-7-8-13-27(26)28(32)33/h3-17,21H,2,18-20H2,1H3,(H,32,33)/b11-3+. The molecule has 0 saturated carbocycles. The lowest BCUT2D eigenvalue weighted by Gasteiger charge is -2.09. The molecule has 34 heavy (non-hydrogen) atoms. The van der Waals surface area contributed by atoms with Gasteiger partial charge in [-0.1, -0.05) is 85.8 Å². The van der Waals surface area contributed by atoms with E-state index in [0.29, 0.717) is 18.7 Å². The molecule has 4 aromatic rings. The minimum absolute atomic E-state index is 0.0352. The zero-order valence-corrected chi connectivity index (χ0v) is 19.2. The van der Waals surface area contributed by atoms with Crippen molar-refractivity contribution in [3.63, 3.8) is 0 Å². The Morgan fingerprint density at radius 3 is 2.32 bits per heavy atom. The summed E-state index contributed by atoms with van der Waals surface area (Å²) in [5.41, 5.74) is 4.80. The summed E-state index contributed by atoms with van der Waals surface area (Å²) in [4.78, 5) is 24.8. The Kier molecular flexibility index (Phi) is 7.23. The first kappa shape index (κ1) is 23.1. The summed E-state index contributed by atoms with van der Waals surface area (Å²) in [7, 11) is 0. The predicted molar refractivity (Wildman–Crippen MR) is 136 cm³/mol. The molecule has 1 heterocycles. The minimum Gasteiger partial charge on any atom is -0.478 e. The van der Waals surface area contributed by atoms with Crippen molar-refractivity contribution in [3.05, 3.63) is 124 Å². The fourth-order valence-corrected chi connectivity index (χ4v) is 4.03. The van der Waals surface area contributed by atoms with E-state index in [1.165, 1.54) is 5.56 Å². The van der Waals surface area contributed by atoms with Crippen molar-refractivity contribution in [1.29, 1.82) is 0 Å². The highest BCUT2D eigenvalue weighted by Crippen LogP contribution is 2.24. The topological polar surface area (TPSA) is 64.2 Å². The van der Waals surface area contributed by atoms with Gasteiger partial charge < -0.3 is 5.11 Å². The number of imidazole rings is 1. The summed E-state index contributed by atoms with van der Waals surface area (Å²) >= 11 is 0. The first-order valence-corrected chi connectivity index (χ1v) is 11.5. The highest BCUT2D eigenvalue weighted by molar-refractivity contribution is 5.95. The number of hydrogen-bond donors (Lipinski definition) is 1. The Labute approximate surface area is 199 Å². The van der Waals surface area contributed by atoms with E-state index in [1.54, 1.807) is 21.3 Å². The van der Waals surface area contributed by atoms with Crippen LogP contribution in [0.15, 0.2) is 95.9 Å². The summed E-state index contributed by atoms with van der Waals surface area (Å²) in [5, 5.41) is 9.48. The van der Waals surface area contributed by atoms with Gasteiger partial charge in [-0.3, -0.25) is 9.13 Å². The van der Waals surface area contributed by atoms with Gasteiger partial charge in [-0.25, -0.2) is 9.59 Å². The normalized spacial score (nSPS) is 11.2. The molecule has 0 unspecified atom stereocenters.